The van der Waals surface area contributed by atoms with E-state index in [0.29, 0.717) is 33.2 Å². The van der Waals surface area contributed by atoms with Gasteiger partial charge < -0.3 is 4.90 Å². The van der Waals surface area contributed by atoms with Crippen LogP contribution in [0.1, 0.15) is 24.0 Å². The topological polar surface area (TPSA) is 72.5 Å². The highest BCUT2D eigenvalue weighted by atomic mass is 35.5. The second kappa shape index (κ2) is 10.9. The fourth-order valence-electron chi connectivity index (χ4n) is 5.22. The average Bonchev–Trinajstić information content (AvgIpc) is 3.47. The summed E-state index contributed by atoms with van der Waals surface area (Å²) in [5.74, 6) is -0.137. The number of aromatic nitrogens is 4. The van der Waals surface area contributed by atoms with Crippen molar-refractivity contribution in [2.75, 3.05) is 0 Å². The van der Waals surface area contributed by atoms with Crippen LogP contribution >= 0.6 is 23.2 Å². The molecule has 42 heavy (non-hydrogen) atoms. The Kier molecular flexibility index (Phi) is 7.28. The highest BCUT2D eigenvalue weighted by Gasteiger charge is 2.33. The lowest BCUT2D eigenvalue weighted by atomic mass is 9.97. The lowest BCUT2D eigenvalue weighted by molar-refractivity contribution is -0.137. The van der Waals surface area contributed by atoms with Crippen LogP contribution in [0.5, 0.6) is 0 Å². The molecule has 0 spiro atoms. The second-order valence-electron chi connectivity index (χ2n) is 10.1. The van der Waals surface area contributed by atoms with E-state index in [1.54, 1.807) is 35.4 Å². The molecular formula is C30H22Cl2F3N5O2. The number of hydrogen-bond donors (Lipinski definition) is 0. The van der Waals surface area contributed by atoms with Gasteiger partial charge in [0.1, 0.15) is 0 Å². The minimum absolute atomic E-state index is 0.102. The zero-order valence-electron chi connectivity index (χ0n) is 21.9. The Morgan fingerprint density at radius 2 is 1.48 bits per heavy atom. The molecule has 3 aromatic carbocycles. The molecule has 5 aromatic rings. The normalized spacial score (nSPS) is 15.6. The van der Waals surface area contributed by atoms with E-state index in [0.717, 1.165) is 28.8 Å². The first-order valence-corrected chi connectivity index (χ1v) is 13.8. The van der Waals surface area contributed by atoms with E-state index in [2.05, 4.69) is 10.2 Å². The van der Waals surface area contributed by atoms with Crippen LogP contribution in [0.3, 0.4) is 0 Å². The van der Waals surface area contributed by atoms with Crippen LogP contribution in [-0.4, -0.2) is 36.2 Å². The van der Waals surface area contributed by atoms with Crippen LogP contribution in [-0.2, 0) is 24.1 Å². The molecule has 1 aliphatic heterocycles. The first-order chi connectivity index (χ1) is 20.1. The zero-order chi connectivity index (χ0) is 29.6. The summed E-state index contributed by atoms with van der Waals surface area (Å²) in [6, 6.07) is 18.8. The Labute approximate surface area is 247 Å². The first kappa shape index (κ1) is 28.0. The van der Waals surface area contributed by atoms with Crippen LogP contribution in [0.4, 0.5) is 13.2 Å². The molecule has 0 N–H and O–H groups in total. The summed E-state index contributed by atoms with van der Waals surface area (Å²) >= 11 is 12.3. The highest BCUT2D eigenvalue weighted by Crippen LogP contribution is 2.35. The number of rotatable bonds is 6. The first-order valence-electron chi connectivity index (χ1n) is 13.0. The molecule has 214 valence electrons. The van der Waals surface area contributed by atoms with Crippen molar-refractivity contribution in [2.24, 2.45) is 0 Å². The van der Waals surface area contributed by atoms with Gasteiger partial charge in [0.2, 0.25) is 5.91 Å². The number of carbonyl (C=O) groups is 1. The molecule has 7 nitrogen and oxygen atoms in total. The molecule has 1 aliphatic rings. The number of amides is 1. The van der Waals surface area contributed by atoms with Gasteiger partial charge in [0.25, 0.3) is 0 Å². The van der Waals surface area contributed by atoms with Gasteiger partial charge in [-0.1, -0.05) is 59.6 Å². The monoisotopic (exact) mass is 611 g/mol. The quantitative estimate of drug-likeness (QED) is 0.213. The lowest BCUT2D eigenvalue weighted by Gasteiger charge is -2.24. The summed E-state index contributed by atoms with van der Waals surface area (Å²) < 4.78 is 41.5. The smallest absolute Gasteiger partial charge is 0.334 e. The van der Waals surface area contributed by atoms with Gasteiger partial charge in [-0.25, -0.2) is 9.48 Å². The van der Waals surface area contributed by atoms with Crippen LogP contribution in [0.2, 0.25) is 10.0 Å². The number of nitrogens with zero attached hydrogens (tertiary/aromatic N) is 5. The molecule has 2 aromatic heterocycles. The third-order valence-corrected chi connectivity index (χ3v) is 7.88. The predicted molar refractivity (Wildman–Crippen MR) is 153 cm³/mol. The largest absolute Gasteiger partial charge is 0.416 e. The van der Waals surface area contributed by atoms with Gasteiger partial charge in [0, 0.05) is 34.1 Å². The van der Waals surface area contributed by atoms with Crippen molar-refractivity contribution in [2.45, 2.75) is 38.1 Å². The van der Waals surface area contributed by atoms with Gasteiger partial charge in [-0.2, -0.15) is 22.8 Å². The van der Waals surface area contributed by atoms with Crippen molar-refractivity contribution in [1.82, 2.24) is 24.3 Å². The van der Waals surface area contributed by atoms with Gasteiger partial charge in [0.05, 0.1) is 24.3 Å². The number of likely N-dealkylation sites (tertiary alicyclic amines) is 1. The number of hydrogen-bond acceptors (Lipinski definition) is 4. The fraction of sp³-hybridized carbons (Fsp3) is 0.200. The van der Waals surface area contributed by atoms with Gasteiger partial charge in [-0.3, -0.25) is 4.79 Å². The third kappa shape index (κ3) is 5.39. The highest BCUT2D eigenvalue weighted by molar-refractivity contribution is 6.31. The van der Waals surface area contributed by atoms with E-state index >= 15 is 0 Å². The van der Waals surface area contributed by atoms with E-state index < -0.39 is 17.4 Å². The van der Waals surface area contributed by atoms with Gasteiger partial charge in [-0.05, 0) is 59.5 Å². The molecule has 12 heteroatoms. The van der Waals surface area contributed by atoms with Gasteiger partial charge >= 0.3 is 11.9 Å². The van der Waals surface area contributed by atoms with E-state index in [1.165, 1.54) is 21.3 Å². The molecular weight excluding hydrogens is 590 g/mol. The maximum atomic E-state index is 13.5. The minimum atomic E-state index is -4.44. The van der Waals surface area contributed by atoms with Crippen molar-refractivity contribution in [3.8, 4) is 22.3 Å². The molecule has 1 saturated heterocycles. The maximum absolute atomic E-state index is 13.5. The molecule has 0 saturated carbocycles. The Hall–Kier alpha value is -4.15. The van der Waals surface area contributed by atoms with Crippen molar-refractivity contribution < 1.29 is 18.0 Å². The SMILES string of the molecule is O=C1CCC(Cn2nc3c(-c4ccc(Cl)cc4)c(-c4ccc(Cl)cc4)cnn3c2=O)N1Cc1ccc(C(F)(F)F)cc1. The summed E-state index contributed by atoms with van der Waals surface area (Å²) in [6.07, 6.45) is -2.10. The molecule has 0 aliphatic carbocycles. The van der Waals surface area contributed by atoms with E-state index in [4.69, 9.17) is 23.2 Å². The van der Waals surface area contributed by atoms with Crippen molar-refractivity contribution >= 4 is 34.8 Å². The Morgan fingerprint density at radius 1 is 0.857 bits per heavy atom. The van der Waals surface area contributed by atoms with Crippen molar-refractivity contribution in [3.63, 3.8) is 0 Å². The van der Waals surface area contributed by atoms with Crippen molar-refractivity contribution in [1.29, 1.82) is 0 Å². The van der Waals surface area contributed by atoms with E-state index in [9.17, 15) is 22.8 Å². The van der Waals surface area contributed by atoms with Crippen LogP contribution in [0.25, 0.3) is 27.9 Å². The summed E-state index contributed by atoms with van der Waals surface area (Å²) in [7, 11) is 0. The Bertz CT molecular complexity index is 1830. The molecule has 1 amide bonds. The maximum Gasteiger partial charge on any atom is 0.416 e. The van der Waals surface area contributed by atoms with E-state index in [-0.39, 0.29) is 31.5 Å². The van der Waals surface area contributed by atoms with Crippen LogP contribution in [0.15, 0.2) is 83.8 Å². The van der Waals surface area contributed by atoms with Crippen molar-refractivity contribution in [3.05, 3.63) is 111 Å². The van der Waals surface area contributed by atoms with Gasteiger partial charge in [0.15, 0.2) is 5.65 Å². The minimum Gasteiger partial charge on any atom is -0.334 e. The molecule has 1 unspecified atom stereocenters. The standard InChI is InChI=1S/C30H22Cl2F3N5O2/c31-22-9-3-19(4-10-22)25-15-36-40-28(27(25)20-5-11-23(32)12-6-20)37-39(29(40)42)17-24-13-14-26(41)38(24)16-18-1-7-21(8-2-18)30(33,34)35/h1-12,15,24H,13-14,16-17H2. The average molecular weight is 612 g/mol. The molecule has 6 rings (SSSR count). The Morgan fingerprint density at radius 3 is 2.10 bits per heavy atom. The summed E-state index contributed by atoms with van der Waals surface area (Å²) in [5.41, 5.74) is 2.66. The number of halogens is 5. The summed E-state index contributed by atoms with van der Waals surface area (Å²) in [5, 5.41) is 10.2. The summed E-state index contributed by atoms with van der Waals surface area (Å²) in [4.78, 5) is 27.8. The number of fused-ring (bicyclic) bond motifs is 1. The predicted octanol–water partition coefficient (Wildman–Crippen LogP) is 6.74. The Balaban J connectivity index is 1.37. The second-order valence-corrected chi connectivity index (χ2v) is 10.9. The molecule has 1 atom stereocenters. The number of alkyl halides is 3. The lowest BCUT2D eigenvalue weighted by Crippen LogP contribution is -2.38. The number of carbonyl (C=O) groups excluding carboxylic acids is 1. The fourth-order valence-corrected chi connectivity index (χ4v) is 5.48. The molecule has 1 fully saturated rings. The van der Waals surface area contributed by atoms with Crippen LogP contribution in [0, 0.1) is 0 Å². The van der Waals surface area contributed by atoms with Crippen LogP contribution < -0.4 is 5.69 Å². The number of benzene rings is 3. The molecule has 0 radical (unpaired) electrons. The summed E-state index contributed by atoms with van der Waals surface area (Å²) in [6.45, 7) is 0.226. The van der Waals surface area contributed by atoms with E-state index in [1.807, 2.05) is 24.3 Å². The zero-order valence-corrected chi connectivity index (χ0v) is 23.4. The molecule has 0 bridgehead atoms. The molecule has 3 heterocycles. The third-order valence-electron chi connectivity index (χ3n) is 7.37. The van der Waals surface area contributed by atoms with Gasteiger partial charge in [-0.15, -0.1) is 5.10 Å².